The highest BCUT2D eigenvalue weighted by molar-refractivity contribution is 6.04. The quantitative estimate of drug-likeness (QED) is 0.762. The van der Waals surface area contributed by atoms with Crippen molar-refractivity contribution >= 4 is 7.98 Å². The van der Waals surface area contributed by atoms with Gasteiger partial charge in [-0.2, -0.15) is 0 Å². The van der Waals surface area contributed by atoms with E-state index in [2.05, 4.69) is 11.0 Å². The van der Waals surface area contributed by atoms with E-state index in [4.69, 9.17) is 7.98 Å². The van der Waals surface area contributed by atoms with E-state index in [0.29, 0.717) is 5.41 Å². The van der Waals surface area contributed by atoms with Crippen LogP contribution in [0.15, 0.2) is 24.3 Å². The summed E-state index contributed by atoms with van der Waals surface area (Å²) in [5.41, 5.74) is 1.74. The summed E-state index contributed by atoms with van der Waals surface area (Å²) in [7, 11) is 5.97. The third kappa shape index (κ3) is 2.92. The van der Waals surface area contributed by atoms with E-state index in [1.165, 1.54) is 70.0 Å². The molecule has 1 spiro atoms. The fourth-order valence-corrected chi connectivity index (χ4v) is 5.40. The number of halogens is 1. The minimum absolute atomic E-state index is 0.0592. The Labute approximate surface area is 146 Å². The fourth-order valence-electron chi connectivity index (χ4n) is 5.40. The van der Waals surface area contributed by atoms with Crippen molar-refractivity contribution in [3.63, 3.8) is 0 Å². The lowest BCUT2D eigenvalue weighted by Crippen LogP contribution is -2.51. The molecule has 2 radical (unpaired) electrons. The molecular formula is C20H28BFN2. The number of hydrogen-bond acceptors (Lipinski definition) is 2. The molecule has 24 heavy (non-hydrogen) atoms. The lowest BCUT2D eigenvalue weighted by Gasteiger charge is -2.53. The van der Waals surface area contributed by atoms with Gasteiger partial charge in [-0.3, -0.25) is 4.90 Å². The monoisotopic (exact) mass is 326 g/mol. The molecule has 1 saturated carbocycles. The third-order valence-electron chi connectivity index (χ3n) is 7.07. The van der Waals surface area contributed by atoms with E-state index < -0.39 is 0 Å². The van der Waals surface area contributed by atoms with Crippen molar-refractivity contribution in [3.05, 3.63) is 35.6 Å². The molecule has 0 atom stereocenters. The number of likely N-dealkylation sites (tertiary alicyclic amines) is 1. The number of nitrogens with zero attached hydrogens (tertiary/aromatic N) is 2. The van der Waals surface area contributed by atoms with Crippen LogP contribution in [0.25, 0.3) is 0 Å². The summed E-state index contributed by atoms with van der Waals surface area (Å²) < 4.78 is 13.9. The maximum Gasteiger partial charge on any atom is 0.182 e. The Kier molecular flexibility index (Phi) is 4.46. The first-order chi connectivity index (χ1) is 11.6. The van der Waals surface area contributed by atoms with Crippen LogP contribution >= 0.6 is 0 Å². The highest BCUT2D eigenvalue weighted by Gasteiger charge is 2.47. The molecule has 4 heteroatoms. The molecule has 2 nitrogen and oxygen atoms in total. The van der Waals surface area contributed by atoms with Crippen molar-refractivity contribution in [3.8, 4) is 0 Å². The fraction of sp³-hybridized carbons (Fsp3) is 0.700. The van der Waals surface area contributed by atoms with Crippen molar-refractivity contribution in [2.75, 3.05) is 26.2 Å². The van der Waals surface area contributed by atoms with Gasteiger partial charge in [0.2, 0.25) is 0 Å². The normalized spacial score (nSPS) is 27.5. The second-order valence-electron chi connectivity index (χ2n) is 8.27. The molecule has 3 fully saturated rings. The van der Waals surface area contributed by atoms with Gasteiger partial charge >= 0.3 is 0 Å². The van der Waals surface area contributed by atoms with Crippen molar-refractivity contribution in [1.29, 1.82) is 0 Å². The van der Waals surface area contributed by atoms with Crippen LogP contribution in [0.4, 0.5) is 4.39 Å². The molecule has 0 aromatic heterocycles. The summed E-state index contributed by atoms with van der Waals surface area (Å²) in [6.45, 7) is 4.38. The summed E-state index contributed by atoms with van der Waals surface area (Å²) in [5.74, 6) is -0.0946. The molecule has 0 amide bonds. The first-order valence-corrected chi connectivity index (χ1v) is 9.63. The van der Waals surface area contributed by atoms with Crippen molar-refractivity contribution in [1.82, 2.24) is 9.71 Å². The molecule has 0 unspecified atom stereocenters. The average Bonchev–Trinajstić information content (AvgIpc) is 3.14. The SMILES string of the molecule is [B]N1CCC2(CC1)CCC(c1cccc(F)c1)(N1CCCC1)CC2. The van der Waals surface area contributed by atoms with Crippen LogP contribution in [-0.2, 0) is 5.54 Å². The van der Waals surface area contributed by atoms with Crippen LogP contribution in [0.3, 0.4) is 0 Å². The van der Waals surface area contributed by atoms with E-state index >= 15 is 0 Å². The average molecular weight is 326 g/mol. The lowest BCUT2D eigenvalue weighted by atomic mass is 9.61. The van der Waals surface area contributed by atoms with E-state index in [1.807, 2.05) is 10.9 Å². The summed E-state index contributed by atoms with van der Waals surface area (Å²) in [6, 6.07) is 7.41. The lowest BCUT2D eigenvalue weighted by molar-refractivity contribution is -0.00342. The van der Waals surface area contributed by atoms with Crippen LogP contribution in [0.1, 0.15) is 56.9 Å². The van der Waals surface area contributed by atoms with Gasteiger partial charge in [-0.05, 0) is 101 Å². The Morgan fingerprint density at radius 2 is 1.54 bits per heavy atom. The molecule has 1 aromatic rings. The molecule has 0 bridgehead atoms. The molecule has 1 aromatic carbocycles. The number of rotatable bonds is 2. The second-order valence-corrected chi connectivity index (χ2v) is 8.27. The van der Waals surface area contributed by atoms with E-state index in [9.17, 15) is 4.39 Å². The predicted molar refractivity (Wildman–Crippen MR) is 96.3 cm³/mol. The Bertz CT molecular complexity index is 567. The van der Waals surface area contributed by atoms with Crippen LogP contribution in [0.2, 0.25) is 0 Å². The largest absolute Gasteiger partial charge is 0.353 e. The van der Waals surface area contributed by atoms with Gasteiger partial charge in [-0.15, -0.1) is 0 Å². The summed E-state index contributed by atoms with van der Waals surface area (Å²) in [4.78, 5) is 4.63. The molecule has 4 rings (SSSR count). The second kappa shape index (κ2) is 6.46. The first kappa shape index (κ1) is 16.6. The van der Waals surface area contributed by atoms with Gasteiger partial charge in [0.1, 0.15) is 5.82 Å². The summed E-state index contributed by atoms with van der Waals surface area (Å²) in [6.07, 6.45) is 9.86. The maximum atomic E-state index is 13.9. The van der Waals surface area contributed by atoms with Gasteiger partial charge in [0.25, 0.3) is 0 Å². The van der Waals surface area contributed by atoms with Crippen molar-refractivity contribution < 1.29 is 4.39 Å². The first-order valence-electron chi connectivity index (χ1n) is 9.63. The van der Waals surface area contributed by atoms with Gasteiger partial charge in [-0.1, -0.05) is 12.1 Å². The Morgan fingerprint density at radius 1 is 0.875 bits per heavy atom. The molecular weight excluding hydrogens is 298 g/mol. The maximum absolute atomic E-state index is 13.9. The molecule has 128 valence electrons. The topological polar surface area (TPSA) is 6.48 Å². The highest BCUT2D eigenvalue weighted by atomic mass is 19.1. The van der Waals surface area contributed by atoms with Gasteiger partial charge < -0.3 is 4.81 Å². The minimum Gasteiger partial charge on any atom is -0.353 e. The molecule has 2 saturated heterocycles. The Balaban J connectivity index is 1.59. The molecule has 1 aliphatic carbocycles. The standard InChI is InChI=1S/C20H28BFN2/c21-24-14-10-19(11-15-24)6-8-20(9-7-19,23-12-1-2-13-23)17-4-3-5-18(22)16-17/h3-5,16H,1-2,6-15H2. The van der Waals surface area contributed by atoms with Crippen LogP contribution in [0.5, 0.6) is 0 Å². The summed E-state index contributed by atoms with van der Waals surface area (Å²) in [5, 5.41) is 0. The zero-order valence-electron chi connectivity index (χ0n) is 14.6. The minimum atomic E-state index is -0.0946. The van der Waals surface area contributed by atoms with Crippen LogP contribution < -0.4 is 0 Å². The molecule has 3 aliphatic rings. The Hall–Kier alpha value is -0.865. The number of benzene rings is 1. The smallest absolute Gasteiger partial charge is 0.182 e. The number of hydrogen-bond donors (Lipinski definition) is 0. The van der Waals surface area contributed by atoms with Gasteiger partial charge in [-0.25, -0.2) is 4.39 Å². The predicted octanol–water partition coefficient (Wildman–Crippen LogP) is 3.86. The van der Waals surface area contributed by atoms with Gasteiger partial charge in [0, 0.05) is 5.54 Å². The van der Waals surface area contributed by atoms with Crippen molar-refractivity contribution in [2.45, 2.75) is 56.9 Å². The van der Waals surface area contributed by atoms with E-state index in [1.54, 1.807) is 12.1 Å². The van der Waals surface area contributed by atoms with Gasteiger partial charge in [0.15, 0.2) is 7.98 Å². The zero-order valence-corrected chi connectivity index (χ0v) is 14.6. The third-order valence-corrected chi connectivity index (χ3v) is 7.07. The zero-order chi connectivity index (χ0) is 16.6. The molecule has 2 heterocycles. The Morgan fingerprint density at radius 3 is 2.17 bits per heavy atom. The summed E-state index contributed by atoms with van der Waals surface area (Å²) >= 11 is 0. The van der Waals surface area contributed by atoms with E-state index in [-0.39, 0.29) is 11.4 Å². The van der Waals surface area contributed by atoms with Crippen LogP contribution in [-0.4, -0.2) is 43.9 Å². The number of piperidine rings is 1. The molecule has 2 aliphatic heterocycles. The van der Waals surface area contributed by atoms with Crippen LogP contribution in [0, 0.1) is 11.2 Å². The van der Waals surface area contributed by atoms with E-state index in [0.717, 1.165) is 13.1 Å². The van der Waals surface area contributed by atoms with Crippen molar-refractivity contribution in [2.24, 2.45) is 5.41 Å². The van der Waals surface area contributed by atoms with Gasteiger partial charge in [0.05, 0.1) is 0 Å². The highest BCUT2D eigenvalue weighted by Crippen LogP contribution is 2.53. The molecule has 0 N–H and O–H groups in total.